The molecule has 1 aliphatic rings. The summed E-state index contributed by atoms with van der Waals surface area (Å²) < 4.78 is 5.88. The SMILES string of the molecule is NC1CCCCCC1Oc1ccncc1. The topological polar surface area (TPSA) is 48.1 Å². The van der Waals surface area contributed by atoms with Gasteiger partial charge in [-0.25, -0.2) is 0 Å². The fraction of sp³-hybridized carbons (Fsp3) is 0.583. The lowest BCUT2D eigenvalue weighted by molar-refractivity contribution is 0.162. The van der Waals surface area contributed by atoms with Gasteiger partial charge in [-0.1, -0.05) is 12.8 Å². The lowest BCUT2D eigenvalue weighted by Gasteiger charge is -2.22. The van der Waals surface area contributed by atoms with Crippen molar-refractivity contribution in [2.75, 3.05) is 0 Å². The van der Waals surface area contributed by atoms with Gasteiger partial charge in [0.25, 0.3) is 0 Å². The van der Waals surface area contributed by atoms with Gasteiger partial charge in [0, 0.05) is 18.4 Å². The number of aromatic nitrogens is 1. The molecule has 0 saturated heterocycles. The first kappa shape index (κ1) is 10.4. The van der Waals surface area contributed by atoms with E-state index in [1.54, 1.807) is 12.4 Å². The summed E-state index contributed by atoms with van der Waals surface area (Å²) in [6, 6.07) is 3.95. The van der Waals surface area contributed by atoms with Gasteiger partial charge in [0.05, 0.1) is 0 Å². The fourth-order valence-corrected chi connectivity index (χ4v) is 2.04. The molecular formula is C12H18N2O. The number of rotatable bonds is 2. The first-order chi connectivity index (χ1) is 7.36. The molecule has 0 spiro atoms. The van der Waals surface area contributed by atoms with Crippen molar-refractivity contribution in [2.45, 2.75) is 44.2 Å². The highest BCUT2D eigenvalue weighted by atomic mass is 16.5. The van der Waals surface area contributed by atoms with E-state index in [9.17, 15) is 0 Å². The second-order valence-electron chi connectivity index (χ2n) is 4.14. The minimum Gasteiger partial charge on any atom is -0.489 e. The largest absolute Gasteiger partial charge is 0.489 e. The lowest BCUT2D eigenvalue weighted by Crippen LogP contribution is -2.37. The summed E-state index contributed by atoms with van der Waals surface area (Å²) in [7, 11) is 0. The van der Waals surface area contributed by atoms with E-state index in [1.165, 1.54) is 19.3 Å². The van der Waals surface area contributed by atoms with Crippen molar-refractivity contribution >= 4 is 0 Å². The van der Waals surface area contributed by atoms with Gasteiger partial charge in [0.15, 0.2) is 0 Å². The Kier molecular flexibility index (Phi) is 3.56. The molecular weight excluding hydrogens is 188 g/mol. The third kappa shape index (κ3) is 2.93. The molecule has 2 unspecified atom stereocenters. The molecule has 3 heteroatoms. The third-order valence-corrected chi connectivity index (χ3v) is 2.94. The Bertz CT molecular complexity index is 289. The van der Waals surface area contributed by atoms with Crippen LogP contribution in [0.1, 0.15) is 32.1 Å². The maximum atomic E-state index is 6.09. The predicted molar refractivity (Wildman–Crippen MR) is 59.7 cm³/mol. The average molecular weight is 206 g/mol. The summed E-state index contributed by atoms with van der Waals surface area (Å²) in [5.74, 6) is 0.882. The summed E-state index contributed by atoms with van der Waals surface area (Å²) >= 11 is 0. The van der Waals surface area contributed by atoms with Crippen LogP contribution in [0.2, 0.25) is 0 Å². The Morgan fingerprint density at radius 3 is 2.67 bits per heavy atom. The highest BCUT2D eigenvalue weighted by Crippen LogP contribution is 2.21. The van der Waals surface area contributed by atoms with Crippen LogP contribution in [0, 0.1) is 0 Å². The van der Waals surface area contributed by atoms with Gasteiger partial charge in [-0.15, -0.1) is 0 Å². The molecule has 1 aromatic rings. The summed E-state index contributed by atoms with van der Waals surface area (Å²) in [6.45, 7) is 0. The number of nitrogens with zero attached hydrogens (tertiary/aromatic N) is 1. The van der Waals surface area contributed by atoms with Crippen molar-refractivity contribution in [1.82, 2.24) is 4.98 Å². The number of ether oxygens (including phenoxy) is 1. The molecule has 15 heavy (non-hydrogen) atoms. The molecule has 1 fully saturated rings. The quantitative estimate of drug-likeness (QED) is 0.754. The molecule has 1 aliphatic carbocycles. The van der Waals surface area contributed by atoms with Crippen molar-refractivity contribution in [3.05, 3.63) is 24.5 Å². The van der Waals surface area contributed by atoms with Gasteiger partial charge < -0.3 is 10.5 Å². The number of nitrogens with two attached hydrogens (primary N) is 1. The highest BCUT2D eigenvalue weighted by Gasteiger charge is 2.21. The number of pyridine rings is 1. The molecule has 2 atom stereocenters. The average Bonchev–Trinajstić information content (AvgIpc) is 2.46. The molecule has 2 N–H and O–H groups in total. The highest BCUT2D eigenvalue weighted by molar-refractivity contribution is 5.17. The maximum Gasteiger partial charge on any atom is 0.122 e. The predicted octanol–water partition coefficient (Wildman–Crippen LogP) is 2.12. The van der Waals surface area contributed by atoms with Gasteiger partial charge in [0.1, 0.15) is 11.9 Å². The molecule has 1 saturated carbocycles. The molecule has 2 rings (SSSR count). The summed E-state index contributed by atoms with van der Waals surface area (Å²) in [6.07, 6.45) is 9.56. The van der Waals surface area contributed by atoms with Gasteiger partial charge in [-0.3, -0.25) is 4.98 Å². The standard InChI is InChI=1S/C12H18N2O/c13-11-4-2-1-3-5-12(11)15-10-6-8-14-9-7-10/h6-9,11-12H,1-5,13H2. The van der Waals surface area contributed by atoms with Crippen LogP contribution in [0.4, 0.5) is 0 Å². The summed E-state index contributed by atoms with van der Waals surface area (Å²) in [5, 5.41) is 0. The van der Waals surface area contributed by atoms with E-state index in [0.717, 1.165) is 18.6 Å². The van der Waals surface area contributed by atoms with Crippen molar-refractivity contribution in [3.8, 4) is 5.75 Å². The summed E-state index contributed by atoms with van der Waals surface area (Å²) in [5.41, 5.74) is 6.09. The van der Waals surface area contributed by atoms with Crippen molar-refractivity contribution in [3.63, 3.8) is 0 Å². The van der Waals surface area contributed by atoms with Crippen LogP contribution in [0.3, 0.4) is 0 Å². The van der Waals surface area contributed by atoms with Crippen molar-refractivity contribution < 1.29 is 4.74 Å². The smallest absolute Gasteiger partial charge is 0.122 e. The molecule has 1 aromatic heterocycles. The Morgan fingerprint density at radius 1 is 1.13 bits per heavy atom. The molecule has 0 aliphatic heterocycles. The molecule has 3 nitrogen and oxygen atoms in total. The zero-order valence-electron chi connectivity index (χ0n) is 8.93. The van der Waals surface area contributed by atoms with E-state index in [1.807, 2.05) is 12.1 Å². The monoisotopic (exact) mass is 206 g/mol. The first-order valence-electron chi connectivity index (χ1n) is 5.68. The lowest BCUT2D eigenvalue weighted by atomic mass is 10.1. The maximum absolute atomic E-state index is 6.09. The van der Waals surface area contributed by atoms with Crippen LogP contribution in [-0.2, 0) is 0 Å². The molecule has 0 aromatic carbocycles. The molecule has 0 radical (unpaired) electrons. The molecule has 0 bridgehead atoms. The Balaban J connectivity index is 1.97. The second-order valence-corrected chi connectivity index (χ2v) is 4.14. The Labute approximate surface area is 90.7 Å². The van der Waals surface area contributed by atoms with Gasteiger partial charge in [-0.05, 0) is 31.4 Å². The van der Waals surface area contributed by atoms with E-state index in [2.05, 4.69) is 4.98 Å². The van der Waals surface area contributed by atoms with E-state index in [4.69, 9.17) is 10.5 Å². The van der Waals surface area contributed by atoms with Crippen LogP contribution in [0.15, 0.2) is 24.5 Å². The molecule has 82 valence electrons. The van der Waals surface area contributed by atoms with Crippen LogP contribution < -0.4 is 10.5 Å². The zero-order valence-corrected chi connectivity index (χ0v) is 8.93. The fourth-order valence-electron chi connectivity index (χ4n) is 2.04. The van der Waals surface area contributed by atoms with Gasteiger partial charge in [0.2, 0.25) is 0 Å². The Hall–Kier alpha value is -1.09. The van der Waals surface area contributed by atoms with E-state index in [0.29, 0.717) is 0 Å². The first-order valence-corrected chi connectivity index (χ1v) is 5.68. The summed E-state index contributed by atoms with van der Waals surface area (Å²) in [4.78, 5) is 3.96. The zero-order chi connectivity index (χ0) is 10.5. The minimum absolute atomic E-state index is 0.176. The molecule has 1 heterocycles. The van der Waals surface area contributed by atoms with Crippen molar-refractivity contribution in [2.24, 2.45) is 5.73 Å². The van der Waals surface area contributed by atoms with Crippen LogP contribution in [0.25, 0.3) is 0 Å². The number of hydrogen-bond acceptors (Lipinski definition) is 3. The molecule has 0 amide bonds. The van der Waals surface area contributed by atoms with E-state index >= 15 is 0 Å². The van der Waals surface area contributed by atoms with Gasteiger partial charge in [-0.2, -0.15) is 0 Å². The van der Waals surface area contributed by atoms with Gasteiger partial charge >= 0.3 is 0 Å². The second kappa shape index (κ2) is 5.12. The minimum atomic E-state index is 0.176. The van der Waals surface area contributed by atoms with Crippen molar-refractivity contribution in [1.29, 1.82) is 0 Å². The van der Waals surface area contributed by atoms with E-state index in [-0.39, 0.29) is 12.1 Å². The van der Waals surface area contributed by atoms with Crippen LogP contribution in [0.5, 0.6) is 5.75 Å². The van der Waals surface area contributed by atoms with E-state index < -0.39 is 0 Å². The Morgan fingerprint density at radius 2 is 1.87 bits per heavy atom. The van der Waals surface area contributed by atoms with Crippen LogP contribution >= 0.6 is 0 Å². The van der Waals surface area contributed by atoms with Crippen LogP contribution in [-0.4, -0.2) is 17.1 Å². The third-order valence-electron chi connectivity index (χ3n) is 2.94. The number of hydrogen-bond donors (Lipinski definition) is 1. The normalized spacial score (nSPS) is 27.0.